The number of benzene rings is 1. The minimum absolute atomic E-state index is 0.0333. The Morgan fingerprint density at radius 3 is 2.35 bits per heavy atom. The number of hydrogen-bond acceptors (Lipinski definition) is 3. The van der Waals surface area contributed by atoms with Gasteiger partial charge in [-0.05, 0) is 17.7 Å². The fourth-order valence-electron chi connectivity index (χ4n) is 1.54. The van der Waals surface area contributed by atoms with Crippen molar-refractivity contribution < 1.29 is 23.8 Å². The van der Waals surface area contributed by atoms with Crippen LogP contribution in [0.15, 0.2) is 24.3 Å². The van der Waals surface area contributed by atoms with Crippen LogP contribution in [0.3, 0.4) is 0 Å². The van der Waals surface area contributed by atoms with Gasteiger partial charge in [-0.1, -0.05) is 12.1 Å². The molecule has 1 aromatic carbocycles. The van der Waals surface area contributed by atoms with E-state index in [1.54, 1.807) is 0 Å². The normalized spacial score (nSPS) is 11.9. The van der Waals surface area contributed by atoms with Crippen molar-refractivity contribution in [1.82, 2.24) is 0 Å². The molecular weight excluding hydrogens is 227 g/mol. The van der Waals surface area contributed by atoms with Gasteiger partial charge in [0, 0.05) is 5.92 Å². The number of carboxylic acid groups (broad SMARTS) is 1. The average molecular weight is 240 g/mol. The smallest absolute Gasteiger partial charge is 0.306 e. The third-order valence-electron chi connectivity index (χ3n) is 2.40. The summed E-state index contributed by atoms with van der Waals surface area (Å²) < 4.78 is 17.2. The van der Waals surface area contributed by atoms with Gasteiger partial charge >= 0.3 is 11.9 Å². The van der Waals surface area contributed by atoms with Crippen molar-refractivity contribution in [3.05, 3.63) is 35.6 Å². The summed E-state index contributed by atoms with van der Waals surface area (Å²) in [5.41, 5.74) is 0.610. The third-order valence-corrected chi connectivity index (χ3v) is 2.40. The molecule has 1 aromatic rings. The standard InChI is InChI=1S/C12H13FO4/c1-17-12(16)7-9(6-11(14)15)8-2-4-10(13)5-3-8/h2-5,9H,6-7H2,1H3,(H,14,15)/t9-/m1/s1. The second-order valence-electron chi connectivity index (χ2n) is 3.63. The minimum atomic E-state index is -1.01. The summed E-state index contributed by atoms with van der Waals surface area (Å²) >= 11 is 0. The van der Waals surface area contributed by atoms with Crippen LogP contribution >= 0.6 is 0 Å². The number of hydrogen-bond donors (Lipinski definition) is 1. The molecule has 5 heteroatoms. The van der Waals surface area contributed by atoms with Gasteiger partial charge in [-0.15, -0.1) is 0 Å². The van der Waals surface area contributed by atoms with Crippen LogP contribution in [0.5, 0.6) is 0 Å². The van der Waals surface area contributed by atoms with Crippen LogP contribution in [0.25, 0.3) is 0 Å². The number of carbonyl (C=O) groups is 2. The summed E-state index contributed by atoms with van der Waals surface area (Å²) in [6.07, 6.45) is -0.227. The zero-order chi connectivity index (χ0) is 12.8. The van der Waals surface area contributed by atoms with E-state index in [-0.39, 0.29) is 12.8 Å². The van der Waals surface area contributed by atoms with Crippen LogP contribution in [0.1, 0.15) is 24.3 Å². The number of esters is 1. The Morgan fingerprint density at radius 2 is 1.88 bits per heavy atom. The lowest BCUT2D eigenvalue weighted by molar-refractivity contribution is -0.141. The van der Waals surface area contributed by atoms with E-state index >= 15 is 0 Å². The van der Waals surface area contributed by atoms with Crippen molar-refractivity contribution in [3.63, 3.8) is 0 Å². The minimum Gasteiger partial charge on any atom is -0.481 e. The first-order valence-electron chi connectivity index (χ1n) is 5.07. The Hall–Kier alpha value is -1.91. The first-order chi connectivity index (χ1) is 8.02. The van der Waals surface area contributed by atoms with Crippen molar-refractivity contribution in [1.29, 1.82) is 0 Å². The highest BCUT2D eigenvalue weighted by molar-refractivity contribution is 5.73. The molecule has 17 heavy (non-hydrogen) atoms. The molecular formula is C12H13FO4. The molecule has 1 N–H and O–H groups in total. The molecule has 1 rings (SSSR count). The lowest BCUT2D eigenvalue weighted by Crippen LogP contribution is -2.12. The van der Waals surface area contributed by atoms with Crippen LogP contribution in [0, 0.1) is 5.82 Å². The number of ether oxygens (including phenoxy) is 1. The summed E-state index contributed by atoms with van der Waals surface area (Å²) in [5.74, 6) is -2.40. The number of rotatable bonds is 5. The number of halogens is 1. The highest BCUT2D eigenvalue weighted by atomic mass is 19.1. The molecule has 0 spiro atoms. The largest absolute Gasteiger partial charge is 0.481 e. The summed E-state index contributed by atoms with van der Waals surface area (Å²) in [6, 6.07) is 5.43. The molecule has 0 aliphatic heterocycles. The quantitative estimate of drug-likeness (QED) is 0.799. The molecule has 0 fully saturated rings. The maximum atomic E-state index is 12.7. The molecule has 0 bridgehead atoms. The maximum Gasteiger partial charge on any atom is 0.306 e. The van der Waals surface area contributed by atoms with Gasteiger partial charge in [0.2, 0.25) is 0 Å². The Kier molecular flexibility index (Phi) is 4.63. The molecule has 0 aliphatic rings. The van der Waals surface area contributed by atoms with Gasteiger partial charge in [0.05, 0.1) is 20.0 Å². The predicted octanol–water partition coefficient (Wildman–Crippen LogP) is 1.95. The van der Waals surface area contributed by atoms with E-state index in [1.165, 1.54) is 31.4 Å². The molecule has 4 nitrogen and oxygen atoms in total. The second-order valence-corrected chi connectivity index (χ2v) is 3.63. The van der Waals surface area contributed by atoms with Crippen LogP contribution in [0.2, 0.25) is 0 Å². The topological polar surface area (TPSA) is 63.6 Å². The predicted molar refractivity (Wildman–Crippen MR) is 58.0 cm³/mol. The van der Waals surface area contributed by atoms with Crippen LogP contribution in [0.4, 0.5) is 4.39 Å². The van der Waals surface area contributed by atoms with E-state index in [9.17, 15) is 14.0 Å². The van der Waals surface area contributed by atoms with E-state index in [0.29, 0.717) is 5.56 Å². The number of carbonyl (C=O) groups excluding carboxylic acids is 1. The van der Waals surface area contributed by atoms with Crippen LogP contribution < -0.4 is 0 Å². The monoisotopic (exact) mass is 240 g/mol. The van der Waals surface area contributed by atoms with E-state index < -0.39 is 23.7 Å². The molecule has 0 heterocycles. The Labute approximate surface area is 98.0 Å². The summed E-state index contributed by atoms with van der Waals surface area (Å²) in [5, 5.41) is 8.76. The van der Waals surface area contributed by atoms with Gasteiger partial charge in [0.25, 0.3) is 0 Å². The van der Waals surface area contributed by atoms with E-state index in [4.69, 9.17) is 5.11 Å². The van der Waals surface area contributed by atoms with Gasteiger partial charge in [-0.2, -0.15) is 0 Å². The van der Waals surface area contributed by atoms with E-state index in [1.807, 2.05) is 0 Å². The molecule has 0 saturated carbocycles. The SMILES string of the molecule is COC(=O)C[C@@H](CC(=O)O)c1ccc(F)cc1. The Bertz CT molecular complexity index is 399. The lowest BCUT2D eigenvalue weighted by Gasteiger charge is -2.13. The van der Waals surface area contributed by atoms with E-state index in [0.717, 1.165) is 0 Å². The fraction of sp³-hybridized carbons (Fsp3) is 0.333. The summed E-state index contributed by atoms with van der Waals surface area (Å²) in [6.45, 7) is 0. The number of methoxy groups -OCH3 is 1. The molecule has 0 saturated heterocycles. The van der Waals surface area contributed by atoms with Gasteiger partial charge in [-0.25, -0.2) is 4.39 Å². The van der Waals surface area contributed by atoms with E-state index in [2.05, 4.69) is 4.74 Å². The lowest BCUT2D eigenvalue weighted by atomic mass is 9.92. The molecule has 0 amide bonds. The van der Waals surface area contributed by atoms with Gasteiger partial charge < -0.3 is 9.84 Å². The third kappa shape index (κ3) is 4.22. The molecule has 1 atom stereocenters. The molecule has 0 unspecified atom stereocenters. The van der Waals surface area contributed by atoms with Gasteiger partial charge in [0.1, 0.15) is 5.82 Å². The summed E-state index contributed by atoms with van der Waals surface area (Å²) in [4.78, 5) is 21.8. The summed E-state index contributed by atoms with van der Waals surface area (Å²) in [7, 11) is 1.24. The fourth-order valence-corrected chi connectivity index (χ4v) is 1.54. The Balaban J connectivity index is 2.85. The van der Waals surface area contributed by atoms with Crippen molar-refractivity contribution in [2.24, 2.45) is 0 Å². The zero-order valence-corrected chi connectivity index (χ0v) is 9.35. The van der Waals surface area contributed by atoms with Crippen LogP contribution in [-0.4, -0.2) is 24.2 Å². The Morgan fingerprint density at radius 1 is 1.29 bits per heavy atom. The number of aliphatic carboxylic acids is 1. The van der Waals surface area contributed by atoms with Crippen molar-refractivity contribution in [2.75, 3.05) is 7.11 Å². The van der Waals surface area contributed by atoms with Crippen molar-refractivity contribution in [2.45, 2.75) is 18.8 Å². The molecule has 0 aromatic heterocycles. The van der Waals surface area contributed by atoms with Crippen molar-refractivity contribution >= 4 is 11.9 Å². The van der Waals surface area contributed by atoms with Gasteiger partial charge in [-0.3, -0.25) is 9.59 Å². The zero-order valence-electron chi connectivity index (χ0n) is 9.35. The second kappa shape index (κ2) is 5.98. The first kappa shape index (κ1) is 13.2. The first-order valence-corrected chi connectivity index (χ1v) is 5.07. The molecule has 0 aliphatic carbocycles. The average Bonchev–Trinajstić information content (AvgIpc) is 2.28. The van der Waals surface area contributed by atoms with Gasteiger partial charge in [0.15, 0.2) is 0 Å². The highest BCUT2D eigenvalue weighted by Gasteiger charge is 2.19. The molecule has 92 valence electrons. The maximum absolute atomic E-state index is 12.7. The highest BCUT2D eigenvalue weighted by Crippen LogP contribution is 2.24. The molecule has 0 radical (unpaired) electrons. The number of carboxylic acids is 1. The van der Waals surface area contributed by atoms with Crippen LogP contribution in [-0.2, 0) is 14.3 Å². The van der Waals surface area contributed by atoms with Crippen molar-refractivity contribution in [3.8, 4) is 0 Å².